The van der Waals surface area contributed by atoms with Crippen LogP contribution in [-0.2, 0) is 6.54 Å². The second kappa shape index (κ2) is 6.64. The second-order valence-electron chi connectivity index (χ2n) is 5.49. The second-order valence-corrected chi connectivity index (χ2v) is 5.49. The van der Waals surface area contributed by atoms with E-state index in [1.54, 1.807) is 24.5 Å². The van der Waals surface area contributed by atoms with Gasteiger partial charge in [-0.3, -0.25) is 9.36 Å². The number of nitrogens with one attached hydrogen (secondary N) is 1. The third-order valence-corrected chi connectivity index (χ3v) is 3.86. The topological polar surface area (TPSA) is 78.3 Å². The Morgan fingerprint density at radius 3 is 2.72 bits per heavy atom. The molecule has 0 aliphatic carbocycles. The van der Waals surface area contributed by atoms with Gasteiger partial charge in [0, 0.05) is 11.3 Å². The summed E-state index contributed by atoms with van der Waals surface area (Å²) in [7, 11) is 0. The molecule has 1 amide bonds. The molecule has 0 saturated heterocycles. The van der Waals surface area contributed by atoms with Crippen molar-refractivity contribution in [1.29, 1.82) is 0 Å². The van der Waals surface area contributed by atoms with E-state index in [1.807, 2.05) is 34.9 Å². The average Bonchev–Trinajstić information content (AvgIpc) is 3.15. The maximum absolute atomic E-state index is 12.4. The molecule has 1 aromatic heterocycles. The van der Waals surface area contributed by atoms with Gasteiger partial charge in [-0.1, -0.05) is 18.2 Å². The van der Waals surface area contributed by atoms with Gasteiger partial charge in [-0.15, -0.1) is 10.2 Å². The zero-order chi connectivity index (χ0) is 17.1. The van der Waals surface area contributed by atoms with Crippen LogP contribution in [0.1, 0.15) is 16.2 Å². The number of nitrogens with zero attached hydrogens (tertiary/aromatic N) is 3. The standard InChI is InChI=1S/C18H16N4O3/c23-18(13-6-7-15-16(10-13)25-9-8-24-15)19-11-17-21-20-12-22(17)14-4-2-1-3-5-14/h1-7,10,12H,8-9,11H2,(H,19,23). The zero-order valence-electron chi connectivity index (χ0n) is 13.4. The molecule has 1 aliphatic heterocycles. The maximum atomic E-state index is 12.4. The monoisotopic (exact) mass is 336 g/mol. The van der Waals surface area contributed by atoms with Crippen molar-refractivity contribution in [2.24, 2.45) is 0 Å². The largest absolute Gasteiger partial charge is 0.486 e. The third-order valence-electron chi connectivity index (χ3n) is 3.86. The van der Waals surface area contributed by atoms with Crippen molar-refractivity contribution >= 4 is 5.91 Å². The zero-order valence-corrected chi connectivity index (χ0v) is 13.4. The van der Waals surface area contributed by atoms with E-state index in [2.05, 4.69) is 15.5 Å². The predicted molar refractivity (Wildman–Crippen MR) is 90.0 cm³/mol. The number of para-hydroxylation sites is 1. The lowest BCUT2D eigenvalue weighted by molar-refractivity contribution is 0.0948. The third kappa shape index (κ3) is 3.16. The normalized spacial score (nSPS) is 12.6. The van der Waals surface area contributed by atoms with E-state index in [0.717, 1.165) is 5.69 Å². The molecule has 4 rings (SSSR count). The molecule has 0 fully saturated rings. The molecular weight excluding hydrogens is 320 g/mol. The first-order valence-corrected chi connectivity index (χ1v) is 7.93. The smallest absolute Gasteiger partial charge is 0.251 e. The number of ether oxygens (including phenoxy) is 2. The lowest BCUT2D eigenvalue weighted by atomic mass is 10.2. The van der Waals surface area contributed by atoms with Gasteiger partial charge in [0.1, 0.15) is 19.5 Å². The van der Waals surface area contributed by atoms with Gasteiger partial charge in [0.15, 0.2) is 17.3 Å². The van der Waals surface area contributed by atoms with Crippen molar-refractivity contribution in [3.63, 3.8) is 0 Å². The Bertz CT molecular complexity index is 892. The number of carbonyl (C=O) groups excluding carboxylic acids is 1. The molecule has 3 aromatic rings. The van der Waals surface area contributed by atoms with Crippen molar-refractivity contribution in [2.75, 3.05) is 13.2 Å². The fourth-order valence-corrected chi connectivity index (χ4v) is 2.63. The Kier molecular flexibility index (Phi) is 4.04. The summed E-state index contributed by atoms with van der Waals surface area (Å²) >= 11 is 0. The van der Waals surface area contributed by atoms with E-state index in [4.69, 9.17) is 9.47 Å². The first-order valence-electron chi connectivity index (χ1n) is 7.93. The van der Waals surface area contributed by atoms with Crippen molar-refractivity contribution < 1.29 is 14.3 Å². The van der Waals surface area contributed by atoms with Crippen LogP contribution in [0.15, 0.2) is 54.9 Å². The van der Waals surface area contributed by atoms with Crippen LogP contribution < -0.4 is 14.8 Å². The first kappa shape index (κ1) is 15.2. The van der Waals surface area contributed by atoms with Crippen LogP contribution >= 0.6 is 0 Å². The summed E-state index contributed by atoms with van der Waals surface area (Å²) in [6, 6.07) is 14.9. The summed E-state index contributed by atoms with van der Waals surface area (Å²) in [5.41, 5.74) is 1.45. The molecule has 7 nitrogen and oxygen atoms in total. The Balaban J connectivity index is 1.47. The molecular formula is C18H16N4O3. The number of hydrogen-bond acceptors (Lipinski definition) is 5. The maximum Gasteiger partial charge on any atom is 0.251 e. The number of hydrogen-bond donors (Lipinski definition) is 1. The van der Waals surface area contributed by atoms with Gasteiger partial charge in [-0.05, 0) is 30.3 Å². The predicted octanol–water partition coefficient (Wildman–Crippen LogP) is 1.97. The molecule has 0 atom stereocenters. The lowest BCUT2D eigenvalue weighted by Crippen LogP contribution is -2.25. The van der Waals surface area contributed by atoms with Gasteiger partial charge in [0.2, 0.25) is 0 Å². The van der Waals surface area contributed by atoms with E-state index in [1.165, 1.54) is 0 Å². The SMILES string of the molecule is O=C(NCc1nncn1-c1ccccc1)c1ccc2c(c1)OCCO2. The van der Waals surface area contributed by atoms with Crippen molar-refractivity contribution in [2.45, 2.75) is 6.54 Å². The minimum Gasteiger partial charge on any atom is -0.486 e. The average molecular weight is 336 g/mol. The first-order chi connectivity index (χ1) is 12.3. The fourth-order valence-electron chi connectivity index (χ4n) is 2.63. The number of carbonyl (C=O) groups is 1. The number of benzene rings is 2. The fraction of sp³-hybridized carbons (Fsp3) is 0.167. The molecule has 0 radical (unpaired) electrons. The Labute approximate surface area is 144 Å². The Hall–Kier alpha value is -3.35. The highest BCUT2D eigenvalue weighted by Gasteiger charge is 2.15. The highest BCUT2D eigenvalue weighted by atomic mass is 16.6. The molecule has 0 bridgehead atoms. The van der Waals surface area contributed by atoms with Gasteiger partial charge in [0.25, 0.3) is 5.91 Å². The molecule has 0 spiro atoms. The molecule has 0 unspecified atom stereocenters. The summed E-state index contributed by atoms with van der Waals surface area (Å²) in [4.78, 5) is 12.4. The van der Waals surface area contributed by atoms with Crippen LogP contribution in [0.25, 0.3) is 5.69 Å². The number of rotatable bonds is 4. The van der Waals surface area contributed by atoms with Crippen LogP contribution in [0.4, 0.5) is 0 Å². The Morgan fingerprint density at radius 2 is 1.88 bits per heavy atom. The highest BCUT2D eigenvalue weighted by Crippen LogP contribution is 2.30. The lowest BCUT2D eigenvalue weighted by Gasteiger charge is -2.18. The number of fused-ring (bicyclic) bond motifs is 1. The summed E-state index contributed by atoms with van der Waals surface area (Å²) in [5, 5.41) is 10.9. The molecule has 1 N–H and O–H groups in total. The van der Waals surface area contributed by atoms with Crippen LogP contribution in [0.5, 0.6) is 11.5 Å². The summed E-state index contributed by atoms with van der Waals surface area (Å²) in [6.07, 6.45) is 1.63. The molecule has 0 saturated carbocycles. The van der Waals surface area contributed by atoms with Crippen molar-refractivity contribution in [1.82, 2.24) is 20.1 Å². The number of amides is 1. The van der Waals surface area contributed by atoms with E-state index < -0.39 is 0 Å². The van der Waals surface area contributed by atoms with Crippen molar-refractivity contribution in [3.05, 3.63) is 66.2 Å². The van der Waals surface area contributed by atoms with E-state index in [-0.39, 0.29) is 12.5 Å². The van der Waals surface area contributed by atoms with Crippen LogP contribution in [0, 0.1) is 0 Å². The number of aromatic nitrogens is 3. The summed E-state index contributed by atoms with van der Waals surface area (Å²) < 4.78 is 12.8. The molecule has 1 aliphatic rings. The molecule has 7 heteroatoms. The molecule has 126 valence electrons. The molecule has 25 heavy (non-hydrogen) atoms. The quantitative estimate of drug-likeness (QED) is 0.788. The molecule has 2 aromatic carbocycles. The van der Waals surface area contributed by atoms with Crippen molar-refractivity contribution in [3.8, 4) is 17.2 Å². The van der Waals surface area contributed by atoms with Gasteiger partial charge in [-0.25, -0.2) is 0 Å². The summed E-state index contributed by atoms with van der Waals surface area (Å²) in [5.74, 6) is 1.69. The molecule has 2 heterocycles. The van der Waals surface area contributed by atoms with E-state index >= 15 is 0 Å². The minimum absolute atomic E-state index is 0.209. The van der Waals surface area contributed by atoms with Crippen LogP contribution in [0.3, 0.4) is 0 Å². The van der Waals surface area contributed by atoms with Crippen LogP contribution in [-0.4, -0.2) is 33.9 Å². The van der Waals surface area contributed by atoms with E-state index in [9.17, 15) is 4.79 Å². The highest BCUT2D eigenvalue weighted by molar-refractivity contribution is 5.94. The van der Waals surface area contributed by atoms with Gasteiger partial charge >= 0.3 is 0 Å². The van der Waals surface area contributed by atoms with Crippen LogP contribution in [0.2, 0.25) is 0 Å². The Morgan fingerprint density at radius 1 is 1.08 bits per heavy atom. The minimum atomic E-state index is -0.209. The van der Waals surface area contributed by atoms with Gasteiger partial charge in [0.05, 0.1) is 6.54 Å². The van der Waals surface area contributed by atoms with Gasteiger partial charge < -0.3 is 14.8 Å². The summed E-state index contributed by atoms with van der Waals surface area (Å²) in [6.45, 7) is 1.27. The van der Waals surface area contributed by atoms with E-state index in [0.29, 0.717) is 36.1 Å². The van der Waals surface area contributed by atoms with Gasteiger partial charge in [-0.2, -0.15) is 0 Å².